The predicted molar refractivity (Wildman–Crippen MR) is 101 cm³/mol. The zero-order chi connectivity index (χ0) is 19.4. The van der Waals surface area contributed by atoms with Gasteiger partial charge in [0.1, 0.15) is 11.9 Å². The van der Waals surface area contributed by atoms with Gasteiger partial charge >= 0.3 is 13.1 Å². The standard InChI is InChI=1S/C19H22BClO6/c1-2-25-19(22)14(7-12-3-5-15(6-4-12)20(23)24)8-13-9-17-18(10-16(13)21)27-11-26-17/h3,5,7,9,18,23-24H,2,4,6,8,10-11H2,1H3/b14-7+. The highest BCUT2D eigenvalue weighted by molar-refractivity contribution is 6.50. The maximum absolute atomic E-state index is 12.4. The second-order valence-corrected chi connectivity index (χ2v) is 6.98. The monoisotopic (exact) mass is 392 g/mol. The largest absolute Gasteiger partial charge is 0.484 e. The lowest BCUT2D eigenvalue weighted by atomic mass is 9.74. The van der Waals surface area contributed by atoms with Crippen LogP contribution in [0.4, 0.5) is 0 Å². The van der Waals surface area contributed by atoms with Crippen LogP contribution >= 0.6 is 11.6 Å². The Hall–Kier alpha value is -1.80. The smallest absolute Gasteiger partial charge is 0.469 e. The van der Waals surface area contributed by atoms with Crippen molar-refractivity contribution < 1.29 is 29.1 Å². The topological polar surface area (TPSA) is 85.2 Å². The molecule has 1 atom stereocenters. The van der Waals surface area contributed by atoms with Crippen LogP contribution < -0.4 is 0 Å². The van der Waals surface area contributed by atoms with Crippen molar-refractivity contribution >= 4 is 24.7 Å². The molecule has 0 spiro atoms. The highest BCUT2D eigenvalue weighted by Gasteiger charge is 2.30. The molecule has 27 heavy (non-hydrogen) atoms. The summed E-state index contributed by atoms with van der Waals surface area (Å²) in [7, 11) is -1.45. The summed E-state index contributed by atoms with van der Waals surface area (Å²) < 4.78 is 16.1. The molecule has 3 aliphatic rings. The first-order valence-corrected chi connectivity index (χ1v) is 9.32. The lowest BCUT2D eigenvalue weighted by Gasteiger charge is -2.19. The van der Waals surface area contributed by atoms with E-state index in [1.54, 1.807) is 25.2 Å². The van der Waals surface area contributed by atoms with E-state index in [-0.39, 0.29) is 19.5 Å². The minimum Gasteiger partial charge on any atom is -0.469 e. The number of allylic oxidation sites excluding steroid dienone is 7. The summed E-state index contributed by atoms with van der Waals surface area (Å²) in [6.45, 7) is 2.26. The van der Waals surface area contributed by atoms with Crippen LogP contribution in [0.5, 0.6) is 0 Å². The zero-order valence-corrected chi connectivity index (χ0v) is 15.9. The Kier molecular flexibility index (Phi) is 6.60. The molecule has 2 N–H and O–H groups in total. The van der Waals surface area contributed by atoms with E-state index in [9.17, 15) is 14.8 Å². The molecule has 0 amide bonds. The summed E-state index contributed by atoms with van der Waals surface area (Å²) in [5, 5.41) is 19.1. The molecule has 3 rings (SSSR count). The van der Waals surface area contributed by atoms with Gasteiger partial charge in [-0.1, -0.05) is 23.8 Å². The molecule has 0 bridgehead atoms. The molecule has 0 aromatic rings. The number of hydrogen-bond acceptors (Lipinski definition) is 6. The molecule has 0 aromatic carbocycles. The van der Waals surface area contributed by atoms with E-state index < -0.39 is 13.1 Å². The van der Waals surface area contributed by atoms with Crippen molar-refractivity contribution in [3.8, 4) is 0 Å². The Bertz CT molecular complexity index is 762. The van der Waals surface area contributed by atoms with Crippen LogP contribution in [0.25, 0.3) is 0 Å². The van der Waals surface area contributed by atoms with Gasteiger partial charge in [-0.05, 0) is 48.5 Å². The molecule has 1 heterocycles. The van der Waals surface area contributed by atoms with Crippen molar-refractivity contribution in [3.05, 3.63) is 57.3 Å². The fourth-order valence-corrected chi connectivity index (χ4v) is 3.45. The first kappa shape index (κ1) is 20.0. The number of esters is 1. The van der Waals surface area contributed by atoms with Crippen molar-refractivity contribution in [2.75, 3.05) is 13.4 Å². The summed E-state index contributed by atoms with van der Waals surface area (Å²) in [5.74, 6) is 0.343. The Morgan fingerprint density at radius 3 is 2.89 bits per heavy atom. The number of halogens is 1. The molecular weight excluding hydrogens is 370 g/mol. The molecule has 0 radical (unpaired) electrons. The van der Waals surface area contributed by atoms with E-state index in [2.05, 4.69) is 0 Å². The molecule has 2 aliphatic carbocycles. The lowest BCUT2D eigenvalue weighted by Crippen LogP contribution is -2.17. The van der Waals surface area contributed by atoms with Crippen molar-refractivity contribution in [1.82, 2.24) is 0 Å². The Morgan fingerprint density at radius 1 is 1.41 bits per heavy atom. The maximum Gasteiger partial charge on any atom is 0.484 e. The van der Waals surface area contributed by atoms with E-state index in [4.69, 9.17) is 25.8 Å². The molecule has 1 saturated heterocycles. The Balaban J connectivity index is 1.83. The molecule has 8 heteroatoms. The van der Waals surface area contributed by atoms with Crippen molar-refractivity contribution in [2.45, 2.75) is 38.7 Å². The van der Waals surface area contributed by atoms with Gasteiger partial charge in [-0.15, -0.1) is 0 Å². The van der Waals surface area contributed by atoms with Gasteiger partial charge in [0.15, 0.2) is 6.79 Å². The highest BCUT2D eigenvalue weighted by atomic mass is 35.5. The minimum atomic E-state index is -1.45. The predicted octanol–water partition coefficient (Wildman–Crippen LogP) is 2.68. The van der Waals surface area contributed by atoms with Gasteiger partial charge in [0.05, 0.1) is 6.61 Å². The van der Waals surface area contributed by atoms with Crippen LogP contribution in [0.1, 0.15) is 32.6 Å². The van der Waals surface area contributed by atoms with Crippen LogP contribution in [0.2, 0.25) is 0 Å². The van der Waals surface area contributed by atoms with E-state index in [1.807, 2.05) is 6.08 Å². The van der Waals surface area contributed by atoms with Gasteiger partial charge in [-0.3, -0.25) is 0 Å². The van der Waals surface area contributed by atoms with Gasteiger partial charge in [0, 0.05) is 23.4 Å². The third-order valence-corrected chi connectivity index (χ3v) is 5.06. The molecule has 6 nitrogen and oxygen atoms in total. The first-order valence-electron chi connectivity index (χ1n) is 8.95. The van der Waals surface area contributed by atoms with Crippen LogP contribution in [0, 0.1) is 0 Å². The molecular formula is C19H22BClO6. The number of hydrogen-bond donors (Lipinski definition) is 2. The number of carbonyl (C=O) groups excluding carboxylic acids is 1. The summed E-state index contributed by atoms with van der Waals surface area (Å²) in [5.41, 5.74) is 2.77. The van der Waals surface area contributed by atoms with Crippen LogP contribution in [-0.2, 0) is 19.0 Å². The van der Waals surface area contributed by atoms with E-state index in [0.717, 1.165) is 16.9 Å². The minimum absolute atomic E-state index is 0.147. The molecule has 0 saturated carbocycles. The van der Waals surface area contributed by atoms with Crippen LogP contribution in [-0.4, -0.2) is 42.6 Å². The fourth-order valence-electron chi connectivity index (χ4n) is 3.18. The van der Waals surface area contributed by atoms with Crippen molar-refractivity contribution in [1.29, 1.82) is 0 Å². The average Bonchev–Trinajstić information content (AvgIpc) is 3.09. The normalized spacial score (nSPS) is 22.4. The zero-order valence-electron chi connectivity index (χ0n) is 15.1. The van der Waals surface area contributed by atoms with Gasteiger partial charge in [-0.2, -0.15) is 0 Å². The lowest BCUT2D eigenvalue weighted by molar-refractivity contribution is -0.138. The number of carbonyl (C=O) groups is 1. The molecule has 144 valence electrons. The summed E-state index contributed by atoms with van der Waals surface area (Å²) in [6, 6.07) is 0. The molecule has 1 fully saturated rings. The first-order chi connectivity index (χ1) is 13.0. The molecule has 1 unspecified atom stereocenters. The Morgan fingerprint density at radius 2 is 2.22 bits per heavy atom. The second-order valence-electron chi connectivity index (χ2n) is 6.52. The molecule has 1 aliphatic heterocycles. The highest BCUT2D eigenvalue weighted by Crippen LogP contribution is 2.36. The maximum atomic E-state index is 12.4. The average molecular weight is 393 g/mol. The fraction of sp³-hybridized carbons (Fsp3) is 0.421. The summed E-state index contributed by atoms with van der Waals surface area (Å²) in [6.07, 6.45) is 8.94. The van der Waals surface area contributed by atoms with Crippen LogP contribution in [0.3, 0.4) is 0 Å². The van der Waals surface area contributed by atoms with Crippen molar-refractivity contribution in [3.63, 3.8) is 0 Å². The number of ether oxygens (including phenoxy) is 3. The quantitative estimate of drug-likeness (QED) is 0.411. The van der Waals surface area contributed by atoms with Crippen LogP contribution in [0.15, 0.2) is 57.3 Å². The molecule has 0 aromatic heterocycles. The second kappa shape index (κ2) is 8.93. The summed E-state index contributed by atoms with van der Waals surface area (Å²) in [4.78, 5) is 12.4. The number of fused-ring (bicyclic) bond motifs is 1. The summed E-state index contributed by atoms with van der Waals surface area (Å²) >= 11 is 6.41. The Labute approximate surface area is 163 Å². The van der Waals surface area contributed by atoms with Gasteiger partial charge in [-0.25, -0.2) is 4.79 Å². The van der Waals surface area contributed by atoms with Gasteiger partial charge in [0.25, 0.3) is 0 Å². The van der Waals surface area contributed by atoms with Gasteiger partial charge in [0.2, 0.25) is 0 Å². The van der Waals surface area contributed by atoms with E-state index in [1.165, 1.54) is 0 Å². The third kappa shape index (κ3) is 4.93. The van der Waals surface area contributed by atoms with E-state index >= 15 is 0 Å². The van der Waals surface area contributed by atoms with E-state index in [0.29, 0.717) is 41.8 Å². The number of rotatable bonds is 6. The SMILES string of the molecule is CCOC(=O)/C(=C/C1=CC=C(B(O)O)CC1)CC1=C(Cl)CC2OCOC2=C1. The third-order valence-electron chi connectivity index (χ3n) is 4.67. The van der Waals surface area contributed by atoms with Gasteiger partial charge < -0.3 is 24.3 Å². The van der Waals surface area contributed by atoms with Crippen molar-refractivity contribution in [2.24, 2.45) is 0 Å².